The number of hydrogen-bond donors (Lipinski definition) is 0. The lowest BCUT2D eigenvalue weighted by Gasteiger charge is -2.26. The Morgan fingerprint density at radius 3 is 2.67 bits per heavy atom. The third kappa shape index (κ3) is 4.30. The molecule has 1 unspecified atom stereocenters. The predicted molar refractivity (Wildman–Crippen MR) is 105 cm³/mol. The van der Waals surface area contributed by atoms with E-state index in [9.17, 15) is 4.79 Å². The van der Waals surface area contributed by atoms with Crippen molar-refractivity contribution in [1.29, 1.82) is 0 Å². The first-order chi connectivity index (χ1) is 13.0. The van der Waals surface area contributed by atoms with Crippen molar-refractivity contribution in [3.05, 3.63) is 52.5 Å². The number of carbonyl (C=O) groups is 1. The van der Waals surface area contributed by atoms with Gasteiger partial charge in [-0.2, -0.15) is 0 Å². The van der Waals surface area contributed by atoms with Crippen LogP contribution in [0.2, 0.25) is 5.02 Å². The SMILES string of the molecule is COc1ccc(C2CCCN2C(=O)COc2ccc(Cl)cc2C)c(OC)c1. The molecule has 1 fully saturated rings. The smallest absolute Gasteiger partial charge is 0.261 e. The maximum Gasteiger partial charge on any atom is 0.261 e. The Bertz CT molecular complexity index is 824. The van der Waals surface area contributed by atoms with Crippen molar-refractivity contribution >= 4 is 17.5 Å². The van der Waals surface area contributed by atoms with Crippen LogP contribution >= 0.6 is 11.6 Å². The zero-order valence-corrected chi connectivity index (χ0v) is 16.6. The summed E-state index contributed by atoms with van der Waals surface area (Å²) in [5.41, 5.74) is 1.90. The quantitative estimate of drug-likeness (QED) is 0.734. The molecule has 2 aromatic rings. The number of rotatable bonds is 6. The molecular weight excluding hydrogens is 366 g/mol. The summed E-state index contributed by atoms with van der Waals surface area (Å²) in [6.45, 7) is 2.62. The summed E-state index contributed by atoms with van der Waals surface area (Å²) in [5.74, 6) is 2.09. The molecule has 0 bridgehead atoms. The monoisotopic (exact) mass is 389 g/mol. The van der Waals surface area contributed by atoms with E-state index in [0.717, 1.165) is 35.5 Å². The van der Waals surface area contributed by atoms with Gasteiger partial charge in [0, 0.05) is 23.2 Å². The Balaban J connectivity index is 1.73. The van der Waals surface area contributed by atoms with E-state index in [1.165, 1.54) is 0 Å². The van der Waals surface area contributed by atoms with E-state index in [4.69, 9.17) is 25.8 Å². The zero-order chi connectivity index (χ0) is 19.4. The van der Waals surface area contributed by atoms with Gasteiger partial charge in [0.2, 0.25) is 0 Å². The minimum Gasteiger partial charge on any atom is -0.497 e. The molecule has 0 spiro atoms. The van der Waals surface area contributed by atoms with Crippen molar-refractivity contribution in [1.82, 2.24) is 4.90 Å². The fraction of sp³-hybridized carbons (Fsp3) is 0.381. The number of halogens is 1. The highest BCUT2D eigenvalue weighted by Crippen LogP contribution is 2.38. The highest BCUT2D eigenvalue weighted by Gasteiger charge is 2.32. The van der Waals surface area contributed by atoms with Gasteiger partial charge in [-0.05, 0) is 55.7 Å². The summed E-state index contributed by atoms with van der Waals surface area (Å²) in [6.07, 6.45) is 1.85. The second-order valence-corrected chi connectivity index (χ2v) is 6.99. The van der Waals surface area contributed by atoms with Crippen LogP contribution < -0.4 is 14.2 Å². The summed E-state index contributed by atoms with van der Waals surface area (Å²) >= 11 is 5.97. The van der Waals surface area contributed by atoms with Crippen LogP contribution in [0.5, 0.6) is 17.2 Å². The van der Waals surface area contributed by atoms with Crippen molar-refractivity contribution < 1.29 is 19.0 Å². The van der Waals surface area contributed by atoms with E-state index in [1.54, 1.807) is 26.4 Å². The second-order valence-electron chi connectivity index (χ2n) is 6.55. The molecule has 3 rings (SSSR count). The summed E-state index contributed by atoms with van der Waals surface area (Å²) in [4.78, 5) is 14.7. The first-order valence-corrected chi connectivity index (χ1v) is 9.31. The molecule has 1 atom stereocenters. The standard InChI is InChI=1S/C21H24ClNO4/c1-14-11-15(22)6-9-19(14)27-13-21(24)23-10-4-5-18(23)17-8-7-16(25-2)12-20(17)26-3/h6-9,11-12,18H,4-5,10,13H2,1-3H3. The molecule has 0 N–H and O–H groups in total. The molecular formula is C21H24ClNO4. The van der Waals surface area contributed by atoms with E-state index >= 15 is 0 Å². The number of benzene rings is 2. The maximum absolute atomic E-state index is 12.8. The molecule has 1 amide bonds. The van der Waals surface area contributed by atoms with Crippen LogP contribution in [-0.4, -0.2) is 38.2 Å². The second kappa shape index (κ2) is 8.53. The molecule has 27 heavy (non-hydrogen) atoms. The van der Waals surface area contributed by atoms with E-state index < -0.39 is 0 Å². The number of hydrogen-bond acceptors (Lipinski definition) is 4. The Kier molecular flexibility index (Phi) is 6.11. The number of carbonyl (C=O) groups excluding carboxylic acids is 1. The molecule has 0 saturated carbocycles. The summed E-state index contributed by atoms with van der Waals surface area (Å²) < 4.78 is 16.5. The summed E-state index contributed by atoms with van der Waals surface area (Å²) in [5, 5.41) is 0.650. The molecule has 1 saturated heterocycles. The van der Waals surface area contributed by atoms with Gasteiger partial charge in [0.15, 0.2) is 6.61 Å². The van der Waals surface area contributed by atoms with E-state index in [0.29, 0.717) is 17.3 Å². The molecule has 5 nitrogen and oxygen atoms in total. The molecule has 6 heteroatoms. The lowest BCUT2D eigenvalue weighted by atomic mass is 10.0. The van der Waals surface area contributed by atoms with Gasteiger partial charge in [0.05, 0.1) is 20.3 Å². The summed E-state index contributed by atoms with van der Waals surface area (Å²) in [7, 11) is 3.25. The average molecular weight is 390 g/mol. The van der Waals surface area contributed by atoms with Gasteiger partial charge in [0.25, 0.3) is 5.91 Å². The van der Waals surface area contributed by atoms with E-state index in [-0.39, 0.29) is 18.6 Å². The third-order valence-corrected chi connectivity index (χ3v) is 5.10. The number of amides is 1. The number of aryl methyl sites for hydroxylation is 1. The highest BCUT2D eigenvalue weighted by atomic mass is 35.5. The van der Waals surface area contributed by atoms with Crippen LogP contribution in [0.4, 0.5) is 0 Å². The third-order valence-electron chi connectivity index (χ3n) is 4.86. The Labute approximate surface area is 164 Å². The largest absolute Gasteiger partial charge is 0.497 e. The Morgan fingerprint density at radius 2 is 1.96 bits per heavy atom. The molecule has 0 aliphatic carbocycles. The fourth-order valence-corrected chi connectivity index (χ4v) is 3.71. The van der Waals surface area contributed by atoms with Crippen LogP contribution in [0.3, 0.4) is 0 Å². The van der Waals surface area contributed by atoms with Crippen molar-refractivity contribution in [2.24, 2.45) is 0 Å². The first kappa shape index (κ1) is 19.4. The maximum atomic E-state index is 12.8. The molecule has 2 aromatic carbocycles. The van der Waals surface area contributed by atoms with Crippen LogP contribution in [0, 0.1) is 6.92 Å². The normalized spacial score (nSPS) is 16.3. The minimum absolute atomic E-state index is 0.00254. The molecule has 1 aliphatic heterocycles. The van der Waals surface area contributed by atoms with Gasteiger partial charge in [-0.15, -0.1) is 0 Å². The van der Waals surface area contributed by atoms with Crippen LogP contribution in [0.25, 0.3) is 0 Å². The predicted octanol–water partition coefficient (Wildman–Crippen LogP) is 4.41. The zero-order valence-electron chi connectivity index (χ0n) is 15.8. The van der Waals surface area contributed by atoms with E-state index in [2.05, 4.69) is 0 Å². The Morgan fingerprint density at radius 1 is 1.15 bits per heavy atom. The molecule has 0 aromatic heterocycles. The molecule has 144 valence electrons. The molecule has 1 heterocycles. The average Bonchev–Trinajstić information content (AvgIpc) is 3.16. The number of nitrogens with zero attached hydrogens (tertiary/aromatic N) is 1. The van der Waals surface area contributed by atoms with Gasteiger partial charge in [-0.3, -0.25) is 4.79 Å². The van der Waals surface area contributed by atoms with Crippen molar-refractivity contribution in [3.8, 4) is 17.2 Å². The van der Waals surface area contributed by atoms with Gasteiger partial charge in [-0.1, -0.05) is 11.6 Å². The van der Waals surface area contributed by atoms with Crippen LogP contribution in [0.15, 0.2) is 36.4 Å². The van der Waals surface area contributed by atoms with Gasteiger partial charge in [0.1, 0.15) is 17.2 Å². The van der Waals surface area contributed by atoms with Crippen molar-refractivity contribution in [2.45, 2.75) is 25.8 Å². The first-order valence-electron chi connectivity index (χ1n) is 8.94. The lowest BCUT2D eigenvalue weighted by Crippen LogP contribution is -2.34. The molecule has 0 radical (unpaired) electrons. The Hall–Kier alpha value is -2.40. The molecule has 1 aliphatic rings. The lowest BCUT2D eigenvalue weighted by molar-refractivity contribution is -0.134. The van der Waals surface area contributed by atoms with E-state index in [1.807, 2.05) is 36.1 Å². The van der Waals surface area contributed by atoms with Crippen molar-refractivity contribution in [3.63, 3.8) is 0 Å². The van der Waals surface area contributed by atoms with Crippen LogP contribution in [-0.2, 0) is 4.79 Å². The topological polar surface area (TPSA) is 48.0 Å². The van der Waals surface area contributed by atoms with Crippen molar-refractivity contribution in [2.75, 3.05) is 27.4 Å². The van der Waals surface area contributed by atoms with Gasteiger partial charge in [-0.25, -0.2) is 0 Å². The number of methoxy groups -OCH3 is 2. The number of ether oxygens (including phenoxy) is 3. The summed E-state index contributed by atoms with van der Waals surface area (Å²) in [6, 6.07) is 11.1. The highest BCUT2D eigenvalue weighted by molar-refractivity contribution is 6.30. The van der Waals surface area contributed by atoms with Gasteiger partial charge < -0.3 is 19.1 Å². The number of likely N-dealkylation sites (tertiary alicyclic amines) is 1. The minimum atomic E-state index is -0.0373. The fourth-order valence-electron chi connectivity index (χ4n) is 3.48. The van der Waals surface area contributed by atoms with Crippen LogP contribution in [0.1, 0.15) is 30.0 Å². The van der Waals surface area contributed by atoms with Gasteiger partial charge >= 0.3 is 0 Å².